The van der Waals surface area contributed by atoms with Crippen LogP contribution in [0, 0.1) is 0 Å². The second-order valence-electron chi connectivity index (χ2n) is 6.88. The van der Waals surface area contributed by atoms with E-state index in [-0.39, 0.29) is 11.9 Å². The first-order valence-corrected chi connectivity index (χ1v) is 8.84. The molecule has 3 rings (SSSR count). The van der Waals surface area contributed by atoms with E-state index in [1.807, 2.05) is 11.0 Å². The molecule has 1 aromatic heterocycles. The van der Waals surface area contributed by atoms with Crippen molar-refractivity contribution < 1.29 is 4.79 Å². The number of hydrogen-bond acceptors (Lipinski definition) is 2. The first kappa shape index (κ1) is 16.8. The molecule has 0 radical (unpaired) electrons. The fraction of sp³-hybridized carbons (Fsp3) is 0.450. The molecule has 0 unspecified atom stereocenters. The molecule has 1 saturated carbocycles. The lowest BCUT2D eigenvalue weighted by atomic mass is 10.2. The van der Waals surface area contributed by atoms with E-state index in [0.29, 0.717) is 19.1 Å². The van der Waals surface area contributed by atoms with Gasteiger partial charge in [-0.2, -0.15) is 0 Å². The van der Waals surface area contributed by atoms with Gasteiger partial charge in [0.25, 0.3) is 0 Å². The summed E-state index contributed by atoms with van der Waals surface area (Å²) in [5, 5.41) is 3.33. The first-order chi connectivity index (χ1) is 11.6. The summed E-state index contributed by atoms with van der Waals surface area (Å²) in [6, 6.07) is 15.3. The topological polar surface area (TPSA) is 37.3 Å². The summed E-state index contributed by atoms with van der Waals surface area (Å²) in [7, 11) is 0. The van der Waals surface area contributed by atoms with Gasteiger partial charge in [0.2, 0.25) is 5.91 Å². The summed E-state index contributed by atoms with van der Waals surface area (Å²) >= 11 is 0. The molecular weight excluding hydrogens is 298 g/mol. The summed E-state index contributed by atoms with van der Waals surface area (Å²) in [6.07, 6.45) is 4.50. The molecule has 0 bridgehead atoms. The fourth-order valence-corrected chi connectivity index (χ4v) is 2.88. The maximum Gasteiger partial charge on any atom is 0.237 e. The van der Waals surface area contributed by atoms with Gasteiger partial charge in [-0.15, -0.1) is 0 Å². The molecule has 1 aliphatic carbocycles. The number of carbonyl (C=O) groups excluding carboxylic acids is 1. The third-order valence-corrected chi connectivity index (χ3v) is 4.51. The van der Waals surface area contributed by atoms with Crippen molar-refractivity contribution in [3.63, 3.8) is 0 Å². The van der Waals surface area contributed by atoms with E-state index in [1.165, 1.54) is 24.1 Å². The van der Waals surface area contributed by atoms with E-state index < -0.39 is 0 Å². The van der Waals surface area contributed by atoms with Crippen molar-refractivity contribution in [2.75, 3.05) is 6.54 Å². The van der Waals surface area contributed by atoms with Crippen molar-refractivity contribution in [2.45, 2.75) is 51.9 Å². The molecule has 0 atom stereocenters. The Labute approximate surface area is 144 Å². The SMILES string of the molecule is CC(C)N(Cc1cccn1Cc1ccccc1)C(=O)CNC1CC1. The van der Waals surface area contributed by atoms with Crippen LogP contribution >= 0.6 is 0 Å². The number of rotatable bonds is 8. The van der Waals surface area contributed by atoms with Gasteiger partial charge in [-0.25, -0.2) is 0 Å². The minimum atomic E-state index is 0.185. The van der Waals surface area contributed by atoms with Gasteiger partial charge in [0.1, 0.15) is 0 Å². The highest BCUT2D eigenvalue weighted by molar-refractivity contribution is 5.78. The lowest BCUT2D eigenvalue weighted by Crippen LogP contribution is -2.42. The summed E-state index contributed by atoms with van der Waals surface area (Å²) in [6.45, 7) is 6.10. The zero-order chi connectivity index (χ0) is 16.9. The van der Waals surface area contributed by atoms with Gasteiger partial charge in [0, 0.05) is 30.5 Å². The number of nitrogens with zero attached hydrogens (tertiary/aromatic N) is 2. The highest BCUT2D eigenvalue weighted by Gasteiger charge is 2.24. The number of hydrogen-bond donors (Lipinski definition) is 1. The molecule has 0 spiro atoms. The van der Waals surface area contributed by atoms with Crippen LogP contribution < -0.4 is 5.32 Å². The van der Waals surface area contributed by atoms with Crippen molar-refractivity contribution in [2.24, 2.45) is 0 Å². The van der Waals surface area contributed by atoms with Gasteiger partial charge in [0.05, 0.1) is 13.1 Å². The van der Waals surface area contributed by atoms with Crippen LogP contribution in [-0.4, -0.2) is 34.0 Å². The normalized spacial score (nSPS) is 14.1. The largest absolute Gasteiger partial charge is 0.345 e. The Balaban J connectivity index is 1.66. The minimum absolute atomic E-state index is 0.185. The van der Waals surface area contributed by atoms with E-state index in [9.17, 15) is 4.79 Å². The second kappa shape index (κ2) is 7.67. The Bertz CT molecular complexity index is 659. The van der Waals surface area contributed by atoms with Crippen LogP contribution in [0.25, 0.3) is 0 Å². The van der Waals surface area contributed by atoms with E-state index in [2.05, 4.69) is 66.3 Å². The first-order valence-electron chi connectivity index (χ1n) is 8.84. The minimum Gasteiger partial charge on any atom is -0.345 e. The predicted octanol–water partition coefficient (Wildman–Crippen LogP) is 3.03. The average Bonchev–Trinajstić information content (AvgIpc) is 3.31. The molecule has 1 N–H and O–H groups in total. The number of benzene rings is 1. The van der Waals surface area contributed by atoms with E-state index >= 15 is 0 Å². The number of amides is 1. The van der Waals surface area contributed by atoms with Crippen molar-refractivity contribution in [1.82, 2.24) is 14.8 Å². The van der Waals surface area contributed by atoms with Crippen LogP contribution in [0.4, 0.5) is 0 Å². The van der Waals surface area contributed by atoms with E-state index in [1.54, 1.807) is 0 Å². The molecule has 128 valence electrons. The molecule has 24 heavy (non-hydrogen) atoms. The van der Waals surface area contributed by atoms with Crippen molar-refractivity contribution in [3.05, 3.63) is 59.9 Å². The average molecular weight is 325 g/mol. The fourth-order valence-electron chi connectivity index (χ4n) is 2.88. The zero-order valence-corrected chi connectivity index (χ0v) is 14.6. The molecule has 1 aliphatic rings. The van der Waals surface area contributed by atoms with Crippen LogP contribution in [0.2, 0.25) is 0 Å². The molecule has 1 heterocycles. The zero-order valence-electron chi connectivity index (χ0n) is 14.6. The molecule has 2 aromatic rings. The monoisotopic (exact) mass is 325 g/mol. The van der Waals surface area contributed by atoms with E-state index in [4.69, 9.17) is 0 Å². The predicted molar refractivity (Wildman–Crippen MR) is 96.7 cm³/mol. The number of carbonyl (C=O) groups is 1. The Morgan fingerprint density at radius 2 is 1.96 bits per heavy atom. The molecule has 4 nitrogen and oxygen atoms in total. The van der Waals surface area contributed by atoms with E-state index in [0.717, 1.165) is 6.54 Å². The van der Waals surface area contributed by atoms with Crippen molar-refractivity contribution >= 4 is 5.91 Å². The molecule has 1 amide bonds. The van der Waals surface area contributed by atoms with Crippen LogP contribution in [0.15, 0.2) is 48.7 Å². The van der Waals surface area contributed by atoms with Crippen LogP contribution in [0.5, 0.6) is 0 Å². The molecule has 1 aromatic carbocycles. The Kier molecular flexibility index (Phi) is 5.36. The second-order valence-corrected chi connectivity index (χ2v) is 6.88. The van der Waals surface area contributed by atoms with Gasteiger partial charge in [0.15, 0.2) is 0 Å². The van der Waals surface area contributed by atoms with Crippen LogP contribution in [0.1, 0.15) is 37.9 Å². The van der Waals surface area contributed by atoms with Gasteiger partial charge >= 0.3 is 0 Å². The molecular formula is C20H27N3O. The summed E-state index contributed by atoms with van der Waals surface area (Å²) in [5.41, 5.74) is 2.44. The summed E-state index contributed by atoms with van der Waals surface area (Å²) in [4.78, 5) is 14.5. The number of nitrogens with one attached hydrogen (secondary N) is 1. The Morgan fingerprint density at radius 3 is 2.62 bits per heavy atom. The lowest BCUT2D eigenvalue weighted by molar-refractivity contribution is -0.132. The standard InChI is InChI=1S/C20H27N3O/c1-16(2)23(20(24)13-21-18-10-11-18)15-19-9-6-12-22(19)14-17-7-4-3-5-8-17/h3-9,12,16,18,21H,10-11,13-15H2,1-2H3. The highest BCUT2D eigenvalue weighted by Crippen LogP contribution is 2.18. The van der Waals surface area contributed by atoms with Crippen molar-refractivity contribution in [3.8, 4) is 0 Å². The third-order valence-electron chi connectivity index (χ3n) is 4.51. The highest BCUT2D eigenvalue weighted by atomic mass is 16.2. The summed E-state index contributed by atoms with van der Waals surface area (Å²) in [5.74, 6) is 0.185. The molecule has 0 aliphatic heterocycles. The maximum atomic E-state index is 12.6. The van der Waals surface area contributed by atoms with Gasteiger partial charge < -0.3 is 14.8 Å². The quantitative estimate of drug-likeness (QED) is 0.810. The maximum absolute atomic E-state index is 12.6. The van der Waals surface area contributed by atoms with Crippen LogP contribution in [0.3, 0.4) is 0 Å². The molecule has 0 saturated heterocycles. The van der Waals surface area contributed by atoms with Gasteiger partial charge in [-0.3, -0.25) is 4.79 Å². The summed E-state index contributed by atoms with van der Waals surface area (Å²) < 4.78 is 2.23. The third kappa shape index (κ3) is 4.48. The van der Waals surface area contributed by atoms with Crippen LogP contribution in [-0.2, 0) is 17.9 Å². The smallest absolute Gasteiger partial charge is 0.237 e. The lowest BCUT2D eigenvalue weighted by Gasteiger charge is -2.27. The van der Waals surface area contributed by atoms with Gasteiger partial charge in [-0.1, -0.05) is 30.3 Å². The molecule has 1 fully saturated rings. The Hall–Kier alpha value is -2.07. The van der Waals surface area contributed by atoms with Gasteiger partial charge in [-0.05, 0) is 44.4 Å². The molecule has 4 heteroatoms. The number of aromatic nitrogens is 1. The Morgan fingerprint density at radius 1 is 1.21 bits per heavy atom. The van der Waals surface area contributed by atoms with Crippen molar-refractivity contribution in [1.29, 1.82) is 0 Å².